The maximum Gasteiger partial charge on any atom is 0.259 e. The van der Waals surface area contributed by atoms with E-state index in [1.165, 1.54) is 11.3 Å². The summed E-state index contributed by atoms with van der Waals surface area (Å²) in [5.74, 6) is -0.386. The Kier molecular flexibility index (Phi) is 2.51. The smallest absolute Gasteiger partial charge is 0.259 e. The van der Waals surface area contributed by atoms with Gasteiger partial charge < -0.3 is 5.73 Å². The van der Waals surface area contributed by atoms with Gasteiger partial charge in [-0.25, -0.2) is 0 Å². The predicted octanol–water partition coefficient (Wildman–Crippen LogP) is 2.22. The van der Waals surface area contributed by atoms with Crippen LogP contribution < -0.4 is 5.73 Å². The van der Waals surface area contributed by atoms with Crippen LogP contribution in [-0.4, -0.2) is 10.9 Å². The Morgan fingerprint density at radius 3 is 2.87 bits per heavy atom. The van der Waals surface area contributed by atoms with E-state index < -0.39 is 0 Å². The van der Waals surface area contributed by atoms with E-state index in [-0.39, 0.29) is 5.91 Å². The molecule has 0 radical (unpaired) electrons. The van der Waals surface area contributed by atoms with Crippen molar-refractivity contribution in [3.05, 3.63) is 40.3 Å². The van der Waals surface area contributed by atoms with E-state index in [1.54, 1.807) is 12.4 Å². The fraction of sp³-hybridized carbons (Fsp3) is 0.0909. The summed E-state index contributed by atoms with van der Waals surface area (Å²) in [5.41, 5.74) is 8.22. The highest BCUT2D eigenvalue weighted by atomic mass is 32.1. The predicted molar refractivity (Wildman–Crippen MR) is 60.8 cm³/mol. The number of primary amides is 1. The molecular formula is C11H10N2OS. The Labute approximate surface area is 91.6 Å². The molecule has 0 aliphatic rings. The molecule has 0 spiro atoms. The van der Waals surface area contributed by atoms with Crippen LogP contribution in [0.1, 0.15) is 15.2 Å². The summed E-state index contributed by atoms with van der Waals surface area (Å²) in [6, 6.07) is 3.81. The van der Waals surface area contributed by atoms with Crippen LogP contribution in [-0.2, 0) is 0 Å². The standard InChI is InChI=1S/C11H10N2OS/c1-7-2-4-13-6-9(7)8-3-5-15-10(8)11(12)14/h2-6H,1H3,(H2,12,14). The van der Waals surface area contributed by atoms with Crippen molar-refractivity contribution in [3.8, 4) is 11.1 Å². The lowest BCUT2D eigenvalue weighted by Crippen LogP contribution is -2.10. The highest BCUT2D eigenvalue weighted by molar-refractivity contribution is 7.12. The summed E-state index contributed by atoms with van der Waals surface area (Å²) in [6.07, 6.45) is 3.49. The molecule has 0 aliphatic carbocycles. The van der Waals surface area contributed by atoms with E-state index in [4.69, 9.17) is 5.73 Å². The summed E-state index contributed by atoms with van der Waals surface area (Å²) >= 11 is 1.36. The van der Waals surface area contributed by atoms with Crippen molar-refractivity contribution in [1.29, 1.82) is 0 Å². The molecule has 0 unspecified atom stereocenters. The number of aryl methyl sites for hydroxylation is 1. The number of pyridine rings is 1. The maximum atomic E-state index is 11.2. The number of thiophene rings is 1. The molecule has 2 N–H and O–H groups in total. The fourth-order valence-electron chi connectivity index (χ4n) is 1.46. The average Bonchev–Trinajstić information content (AvgIpc) is 2.67. The second-order valence-electron chi connectivity index (χ2n) is 3.22. The van der Waals surface area contributed by atoms with Gasteiger partial charge in [-0.05, 0) is 30.0 Å². The van der Waals surface area contributed by atoms with E-state index in [9.17, 15) is 4.79 Å². The molecule has 2 heterocycles. The zero-order valence-electron chi connectivity index (χ0n) is 8.23. The minimum absolute atomic E-state index is 0.386. The Morgan fingerprint density at radius 2 is 2.20 bits per heavy atom. The van der Waals surface area contributed by atoms with Crippen molar-refractivity contribution >= 4 is 17.2 Å². The topological polar surface area (TPSA) is 56.0 Å². The number of hydrogen-bond acceptors (Lipinski definition) is 3. The number of carbonyl (C=O) groups excluding carboxylic acids is 1. The number of carbonyl (C=O) groups is 1. The second kappa shape index (κ2) is 3.82. The molecule has 1 amide bonds. The molecule has 0 fully saturated rings. The second-order valence-corrected chi connectivity index (χ2v) is 4.13. The SMILES string of the molecule is Cc1ccncc1-c1ccsc1C(N)=O. The largest absolute Gasteiger partial charge is 0.365 e. The van der Waals surface area contributed by atoms with Crippen LogP contribution in [0.3, 0.4) is 0 Å². The van der Waals surface area contributed by atoms with Crippen LogP contribution >= 0.6 is 11.3 Å². The summed E-state index contributed by atoms with van der Waals surface area (Å²) < 4.78 is 0. The third-order valence-corrected chi connectivity index (χ3v) is 3.15. The van der Waals surface area contributed by atoms with Gasteiger partial charge in [0.1, 0.15) is 0 Å². The monoisotopic (exact) mass is 218 g/mol. The number of nitrogens with zero attached hydrogens (tertiary/aromatic N) is 1. The number of aromatic nitrogens is 1. The number of rotatable bonds is 2. The van der Waals surface area contributed by atoms with Gasteiger partial charge in [0.05, 0.1) is 4.88 Å². The van der Waals surface area contributed by atoms with Gasteiger partial charge in [0.25, 0.3) is 5.91 Å². The lowest BCUT2D eigenvalue weighted by Gasteiger charge is -2.03. The molecule has 2 aromatic rings. The molecule has 0 atom stereocenters. The van der Waals surface area contributed by atoms with Gasteiger partial charge >= 0.3 is 0 Å². The third kappa shape index (κ3) is 1.76. The molecule has 0 aliphatic heterocycles. The van der Waals surface area contributed by atoms with Gasteiger partial charge in [-0.3, -0.25) is 9.78 Å². The molecule has 2 aromatic heterocycles. The lowest BCUT2D eigenvalue weighted by atomic mass is 10.0. The van der Waals surface area contributed by atoms with Crippen molar-refractivity contribution in [1.82, 2.24) is 4.98 Å². The summed E-state index contributed by atoms with van der Waals surface area (Å²) in [6.45, 7) is 1.99. The van der Waals surface area contributed by atoms with Gasteiger partial charge in [0.15, 0.2) is 0 Å². The zero-order chi connectivity index (χ0) is 10.8. The van der Waals surface area contributed by atoms with E-state index >= 15 is 0 Å². The van der Waals surface area contributed by atoms with Gasteiger partial charge in [-0.2, -0.15) is 0 Å². The highest BCUT2D eigenvalue weighted by Crippen LogP contribution is 2.29. The lowest BCUT2D eigenvalue weighted by molar-refractivity contribution is 0.100. The van der Waals surface area contributed by atoms with Gasteiger partial charge in [-0.15, -0.1) is 11.3 Å². The minimum Gasteiger partial charge on any atom is -0.365 e. The Morgan fingerprint density at radius 1 is 1.40 bits per heavy atom. The summed E-state index contributed by atoms with van der Waals surface area (Å²) in [7, 11) is 0. The first-order valence-corrected chi connectivity index (χ1v) is 5.36. The fourth-order valence-corrected chi connectivity index (χ4v) is 2.22. The van der Waals surface area contributed by atoms with Gasteiger partial charge in [0, 0.05) is 23.5 Å². The number of amides is 1. The molecular weight excluding hydrogens is 208 g/mol. The van der Waals surface area contributed by atoms with Gasteiger partial charge in [0.2, 0.25) is 0 Å². The first kappa shape index (κ1) is 9.86. The van der Waals surface area contributed by atoms with Crippen LogP contribution in [0.4, 0.5) is 0 Å². The zero-order valence-corrected chi connectivity index (χ0v) is 9.04. The van der Waals surface area contributed by atoms with E-state index in [0.29, 0.717) is 4.88 Å². The molecule has 4 heteroatoms. The van der Waals surface area contributed by atoms with Crippen LogP contribution in [0.15, 0.2) is 29.9 Å². The minimum atomic E-state index is -0.386. The first-order valence-electron chi connectivity index (χ1n) is 4.48. The Bertz CT molecular complexity index is 505. The number of nitrogens with two attached hydrogens (primary N) is 1. The van der Waals surface area contributed by atoms with E-state index in [2.05, 4.69) is 4.98 Å². The molecule has 2 rings (SSSR count). The Hall–Kier alpha value is -1.68. The molecule has 0 saturated heterocycles. The third-order valence-electron chi connectivity index (χ3n) is 2.22. The molecule has 0 bridgehead atoms. The molecule has 15 heavy (non-hydrogen) atoms. The summed E-state index contributed by atoms with van der Waals surface area (Å²) in [4.78, 5) is 15.8. The average molecular weight is 218 g/mol. The molecule has 3 nitrogen and oxygen atoms in total. The van der Waals surface area contributed by atoms with Crippen LogP contribution in [0.5, 0.6) is 0 Å². The van der Waals surface area contributed by atoms with Crippen LogP contribution in [0, 0.1) is 6.92 Å². The van der Waals surface area contributed by atoms with Crippen molar-refractivity contribution in [2.24, 2.45) is 5.73 Å². The van der Waals surface area contributed by atoms with Crippen LogP contribution in [0.25, 0.3) is 11.1 Å². The van der Waals surface area contributed by atoms with E-state index in [1.807, 2.05) is 24.4 Å². The van der Waals surface area contributed by atoms with E-state index in [0.717, 1.165) is 16.7 Å². The first-order chi connectivity index (χ1) is 7.20. The normalized spacial score (nSPS) is 10.2. The molecule has 76 valence electrons. The van der Waals surface area contributed by atoms with Crippen LogP contribution in [0.2, 0.25) is 0 Å². The quantitative estimate of drug-likeness (QED) is 0.840. The highest BCUT2D eigenvalue weighted by Gasteiger charge is 2.12. The van der Waals surface area contributed by atoms with Gasteiger partial charge in [-0.1, -0.05) is 0 Å². The van der Waals surface area contributed by atoms with Crippen molar-refractivity contribution in [3.63, 3.8) is 0 Å². The number of hydrogen-bond donors (Lipinski definition) is 1. The molecule has 0 saturated carbocycles. The Balaban J connectivity index is 2.59. The maximum absolute atomic E-state index is 11.2. The van der Waals surface area contributed by atoms with Crippen molar-refractivity contribution < 1.29 is 4.79 Å². The summed E-state index contributed by atoms with van der Waals surface area (Å²) in [5, 5.41) is 1.86. The van der Waals surface area contributed by atoms with Crippen molar-refractivity contribution in [2.45, 2.75) is 6.92 Å². The van der Waals surface area contributed by atoms with Crippen molar-refractivity contribution in [2.75, 3.05) is 0 Å². The molecule has 0 aromatic carbocycles.